The number of nitrogens with zero attached hydrogens (tertiary/aromatic N) is 3. The first-order valence-corrected chi connectivity index (χ1v) is 5.92. The summed E-state index contributed by atoms with van der Waals surface area (Å²) < 4.78 is 3.78. The van der Waals surface area contributed by atoms with Gasteiger partial charge in [0.05, 0.1) is 11.1 Å². The normalized spacial score (nSPS) is 11.6. The molecule has 0 aliphatic heterocycles. The van der Waals surface area contributed by atoms with E-state index in [2.05, 4.69) is 10.1 Å². The largest absolute Gasteiger partial charge is 0.404 e. The summed E-state index contributed by atoms with van der Waals surface area (Å²) in [5.41, 5.74) is 9.09. The molecule has 2 heterocycles. The molecule has 100 valence electrons. The van der Waals surface area contributed by atoms with E-state index in [0.717, 1.165) is 16.6 Å². The van der Waals surface area contributed by atoms with E-state index >= 15 is 0 Å². The topological polar surface area (TPSA) is 88.4 Å². The van der Waals surface area contributed by atoms with Crippen molar-refractivity contribution in [2.45, 2.75) is 6.92 Å². The molecule has 0 saturated heterocycles. The van der Waals surface area contributed by atoms with Gasteiger partial charge in [-0.25, -0.2) is 4.98 Å². The van der Waals surface area contributed by atoms with Crippen LogP contribution in [0, 0.1) is 12.3 Å². The second kappa shape index (κ2) is 5.01. The third kappa shape index (κ3) is 2.24. The third-order valence-corrected chi connectivity index (χ3v) is 3.02. The number of rotatable bonds is 2. The van der Waals surface area contributed by atoms with E-state index in [4.69, 9.17) is 11.1 Å². The third-order valence-electron chi connectivity index (χ3n) is 3.02. The van der Waals surface area contributed by atoms with Gasteiger partial charge in [0.15, 0.2) is 0 Å². The Morgan fingerprint density at radius 2 is 2.21 bits per heavy atom. The van der Waals surface area contributed by atoms with Crippen LogP contribution < -0.4 is 5.73 Å². The molecule has 0 radical (unpaired) electrons. The number of fused-ring (bicyclic) bond motifs is 1. The van der Waals surface area contributed by atoms with Gasteiger partial charge in [-0.2, -0.15) is 0 Å². The Morgan fingerprint density at radius 1 is 1.47 bits per heavy atom. The zero-order chi connectivity index (χ0) is 14.0. The number of H-pyrrole nitrogens is 1. The maximum Gasteiger partial charge on any atom is 0.143 e. The summed E-state index contributed by atoms with van der Waals surface area (Å²) >= 11 is 0. The molecule has 0 bridgehead atoms. The predicted octanol–water partition coefficient (Wildman–Crippen LogP) is 1.62. The molecular formula is C13H18N6. The number of hydrogen-bond acceptors (Lipinski definition) is 3. The average Bonchev–Trinajstić information content (AvgIpc) is 2.66. The molecule has 0 aromatic carbocycles. The van der Waals surface area contributed by atoms with Crippen molar-refractivity contribution >= 4 is 22.8 Å². The number of aromatic amines is 1. The highest BCUT2D eigenvalue weighted by molar-refractivity contribution is 6.07. The molecule has 0 unspecified atom stereocenters. The number of nitrogens with one attached hydrogen (secondary N) is 2. The molecule has 2 aromatic rings. The van der Waals surface area contributed by atoms with Gasteiger partial charge in [-0.05, 0) is 18.6 Å². The molecule has 4 N–H and O–H groups in total. The van der Waals surface area contributed by atoms with Gasteiger partial charge in [0.1, 0.15) is 11.3 Å². The van der Waals surface area contributed by atoms with Crippen molar-refractivity contribution in [2.75, 3.05) is 0 Å². The van der Waals surface area contributed by atoms with Crippen LogP contribution >= 0.6 is 0 Å². The van der Waals surface area contributed by atoms with Crippen molar-refractivity contribution < 1.29 is 0 Å². The average molecular weight is 258 g/mol. The van der Waals surface area contributed by atoms with E-state index in [1.54, 1.807) is 0 Å². The van der Waals surface area contributed by atoms with Gasteiger partial charge in [0.25, 0.3) is 0 Å². The fraction of sp³-hybridized carbons (Fsp3) is 0.231. The molecule has 2 aromatic heterocycles. The number of nitrogens with two attached hydrogens (primary N) is 1. The van der Waals surface area contributed by atoms with E-state index < -0.39 is 0 Å². The summed E-state index contributed by atoms with van der Waals surface area (Å²) in [5, 5.41) is 10.5. The van der Waals surface area contributed by atoms with Gasteiger partial charge >= 0.3 is 0 Å². The first kappa shape index (κ1) is 12.9. The second-order valence-electron chi connectivity index (χ2n) is 4.38. The smallest absolute Gasteiger partial charge is 0.143 e. The minimum Gasteiger partial charge on any atom is -0.404 e. The molecular weight excluding hydrogens is 240 g/mol. The van der Waals surface area contributed by atoms with Crippen LogP contribution in [0.5, 0.6) is 0 Å². The van der Waals surface area contributed by atoms with Gasteiger partial charge in [-0.1, -0.05) is 0 Å². The monoisotopic (exact) mass is 258 g/mol. The van der Waals surface area contributed by atoms with Crippen LogP contribution in [-0.4, -0.2) is 25.5 Å². The molecule has 0 amide bonds. The highest BCUT2D eigenvalue weighted by Crippen LogP contribution is 2.20. The number of aryl methyl sites for hydroxylation is 3. The minimum absolute atomic E-state index is 0.593. The first-order valence-electron chi connectivity index (χ1n) is 5.92. The number of allylic oxidation sites excluding steroid dienone is 1. The van der Waals surface area contributed by atoms with Gasteiger partial charge < -0.3 is 20.8 Å². The molecule has 2 rings (SSSR count). The van der Waals surface area contributed by atoms with Crippen molar-refractivity contribution in [3.8, 4) is 0 Å². The summed E-state index contributed by atoms with van der Waals surface area (Å²) in [6.45, 7) is 2.03. The Morgan fingerprint density at radius 3 is 2.84 bits per heavy atom. The van der Waals surface area contributed by atoms with Gasteiger partial charge in [-0.3, -0.25) is 4.68 Å². The summed E-state index contributed by atoms with van der Waals surface area (Å²) in [5.74, 6) is 0.682. The second-order valence-corrected chi connectivity index (χ2v) is 4.38. The lowest BCUT2D eigenvalue weighted by atomic mass is 10.2. The molecule has 0 fully saturated rings. The Bertz CT molecular complexity index is 696. The lowest BCUT2D eigenvalue weighted by molar-refractivity contribution is 0.748. The highest BCUT2D eigenvalue weighted by Gasteiger charge is 2.11. The van der Waals surface area contributed by atoms with E-state index in [1.807, 2.05) is 48.7 Å². The minimum atomic E-state index is 0.593. The Balaban J connectivity index is 2.91. The van der Waals surface area contributed by atoms with Crippen molar-refractivity contribution in [1.29, 1.82) is 5.41 Å². The van der Waals surface area contributed by atoms with E-state index in [1.165, 1.54) is 12.4 Å². The van der Waals surface area contributed by atoms with E-state index in [9.17, 15) is 0 Å². The lowest BCUT2D eigenvalue weighted by Crippen LogP contribution is -2.00. The van der Waals surface area contributed by atoms with Crippen molar-refractivity contribution in [3.63, 3.8) is 0 Å². The van der Waals surface area contributed by atoms with E-state index in [-0.39, 0.29) is 0 Å². The summed E-state index contributed by atoms with van der Waals surface area (Å²) in [7, 11) is 3.83. The van der Waals surface area contributed by atoms with E-state index in [0.29, 0.717) is 11.4 Å². The van der Waals surface area contributed by atoms with Gasteiger partial charge in [-0.15, -0.1) is 0 Å². The molecule has 6 heteroatoms. The van der Waals surface area contributed by atoms with Crippen LogP contribution in [-0.2, 0) is 14.1 Å². The highest BCUT2D eigenvalue weighted by atomic mass is 15.2. The van der Waals surface area contributed by atoms with Crippen molar-refractivity contribution in [1.82, 2.24) is 19.3 Å². The van der Waals surface area contributed by atoms with Crippen LogP contribution in [0.15, 0.2) is 24.7 Å². The van der Waals surface area contributed by atoms with Gasteiger partial charge in [0, 0.05) is 38.9 Å². The number of aromatic nitrogens is 4. The van der Waals surface area contributed by atoms with Crippen LogP contribution in [0.25, 0.3) is 16.6 Å². The quantitative estimate of drug-likeness (QED) is 0.715. The predicted molar refractivity (Wildman–Crippen MR) is 77.3 cm³/mol. The van der Waals surface area contributed by atoms with Crippen molar-refractivity contribution in [3.05, 3.63) is 36.0 Å². The molecule has 0 aliphatic rings. The molecule has 19 heavy (non-hydrogen) atoms. The standard InChI is InChI=1S/C13H18N6/c1-9-4-5-16-18(2)8-11-12(9)19(3)13(17-11)10(6-14)7-15/h4-8,14,16H,15H2,1-3H3/b5-4?,10-7+,11-8?,12-9?,14-6?. The SMILES string of the molecule is Cc1cc[nH]n(C)cc2nc(/C(C=N)=C/N)n(C)c12. The summed E-state index contributed by atoms with van der Waals surface area (Å²) in [4.78, 5) is 4.57. The van der Waals surface area contributed by atoms with Crippen LogP contribution in [0.4, 0.5) is 0 Å². The fourth-order valence-electron chi connectivity index (χ4n) is 2.10. The van der Waals surface area contributed by atoms with Crippen molar-refractivity contribution in [2.24, 2.45) is 19.8 Å². The number of imidazole rings is 1. The number of hydrogen-bond donors (Lipinski definition) is 3. The molecule has 6 nitrogen and oxygen atoms in total. The maximum atomic E-state index is 7.40. The van der Waals surface area contributed by atoms with Crippen LogP contribution in [0.3, 0.4) is 0 Å². The molecule has 0 atom stereocenters. The van der Waals surface area contributed by atoms with Gasteiger partial charge in [0.2, 0.25) is 0 Å². The zero-order valence-electron chi connectivity index (χ0n) is 11.3. The molecule has 0 saturated carbocycles. The Kier molecular flexibility index (Phi) is 3.41. The molecule has 0 aliphatic carbocycles. The van der Waals surface area contributed by atoms with Crippen LogP contribution in [0.2, 0.25) is 0 Å². The zero-order valence-corrected chi connectivity index (χ0v) is 11.3. The first-order chi connectivity index (χ1) is 9.08. The summed E-state index contributed by atoms with van der Waals surface area (Å²) in [6, 6.07) is 1.99. The summed E-state index contributed by atoms with van der Waals surface area (Å²) in [6.07, 6.45) is 6.39. The Hall–Kier alpha value is -2.50. The van der Waals surface area contributed by atoms with Crippen LogP contribution in [0.1, 0.15) is 11.4 Å². The fourth-order valence-corrected chi connectivity index (χ4v) is 2.10. The Labute approximate surface area is 111 Å². The lowest BCUT2D eigenvalue weighted by Gasteiger charge is -2.03. The maximum absolute atomic E-state index is 7.40. The molecule has 0 spiro atoms.